The molecule has 0 unspecified atom stereocenters. The van der Waals surface area contributed by atoms with Crippen LogP contribution >= 0.6 is 0 Å². The number of aromatic nitrogens is 1. The SMILES string of the molecule is CN(C)/C=C(\CN(C)C)c1cccc(C#N)n1. The van der Waals surface area contributed by atoms with E-state index in [2.05, 4.69) is 16.0 Å². The van der Waals surface area contributed by atoms with Crippen LogP contribution in [0.4, 0.5) is 0 Å². The van der Waals surface area contributed by atoms with Crippen LogP contribution in [0, 0.1) is 11.3 Å². The van der Waals surface area contributed by atoms with Gasteiger partial charge in [-0.2, -0.15) is 5.26 Å². The number of pyridine rings is 1. The monoisotopic (exact) mass is 230 g/mol. The second-order valence-corrected chi connectivity index (χ2v) is 4.38. The average Bonchev–Trinajstić information content (AvgIpc) is 2.27. The third-order valence-electron chi connectivity index (χ3n) is 2.09. The van der Waals surface area contributed by atoms with E-state index < -0.39 is 0 Å². The lowest BCUT2D eigenvalue weighted by Gasteiger charge is -2.16. The van der Waals surface area contributed by atoms with Crippen LogP contribution in [-0.4, -0.2) is 49.5 Å². The number of likely N-dealkylation sites (N-methyl/N-ethyl adjacent to an activating group) is 1. The summed E-state index contributed by atoms with van der Waals surface area (Å²) in [5, 5.41) is 8.85. The summed E-state index contributed by atoms with van der Waals surface area (Å²) in [5.74, 6) is 0. The van der Waals surface area contributed by atoms with Crippen LogP contribution in [0.15, 0.2) is 24.4 Å². The van der Waals surface area contributed by atoms with E-state index in [4.69, 9.17) is 5.26 Å². The third kappa shape index (κ3) is 4.25. The zero-order valence-corrected chi connectivity index (χ0v) is 10.8. The van der Waals surface area contributed by atoms with E-state index >= 15 is 0 Å². The summed E-state index contributed by atoms with van der Waals surface area (Å²) < 4.78 is 0. The predicted octanol–water partition coefficient (Wildman–Crippen LogP) is 1.42. The van der Waals surface area contributed by atoms with Crippen LogP contribution in [0.1, 0.15) is 11.4 Å². The van der Waals surface area contributed by atoms with E-state index in [1.54, 1.807) is 6.07 Å². The molecule has 1 heterocycles. The van der Waals surface area contributed by atoms with Gasteiger partial charge in [0.1, 0.15) is 11.8 Å². The highest BCUT2D eigenvalue weighted by Crippen LogP contribution is 2.13. The number of nitriles is 1. The summed E-state index contributed by atoms with van der Waals surface area (Å²) in [4.78, 5) is 8.38. The van der Waals surface area contributed by atoms with Crippen molar-refractivity contribution in [3.8, 4) is 6.07 Å². The zero-order chi connectivity index (χ0) is 12.8. The summed E-state index contributed by atoms with van der Waals surface area (Å²) in [7, 11) is 7.98. The quantitative estimate of drug-likeness (QED) is 0.784. The Bertz CT molecular complexity index is 441. The molecule has 0 aliphatic carbocycles. The van der Waals surface area contributed by atoms with Crippen molar-refractivity contribution in [2.75, 3.05) is 34.7 Å². The predicted molar refractivity (Wildman–Crippen MR) is 69.2 cm³/mol. The lowest BCUT2D eigenvalue weighted by molar-refractivity contribution is 0.458. The normalized spacial score (nSPS) is 11.4. The average molecular weight is 230 g/mol. The molecule has 0 bridgehead atoms. The topological polar surface area (TPSA) is 43.2 Å². The summed E-state index contributed by atoms with van der Waals surface area (Å²) in [6, 6.07) is 7.57. The van der Waals surface area contributed by atoms with Crippen LogP contribution < -0.4 is 0 Å². The Morgan fingerprint density at radius 2 is 2.06 bits per heavy atom. The van der Waals surface area contributed by atoms with E-state index in [0.717, 1.165) is 17.8 Å². The first-order valence-corrected chi connectivity index (χ1v) is 5.42. The van der Waals surface area contributed by atoms with E-state index in [-0.39, 0.29) is 0 Å². The van der Waals surface area contributed by atoms with Gasteiger partial charge in [-0.05, 0) is 26.2 Å². The molecule has 0 spiro atoms. The molecule has 0 aliphatic heterocycles. The molecule has 4 heteroatoms. The van der Waals surface area contributed by atoms with Crippen LogP contribution in [0.3, 0.4) is 0 Å². The molecule has 17 heavy (non-hydrogen) atoms. The molecule has 0 aromatic carbocycles. The molecule has 1 rings (SSSR count). The van der Waals surface area contributed by atoms with E-state index in [0.29, 0.717) is 5.69 Å². The largest absolute Gasteiger partial charge is 0.383 e. The van der Waals surface area contributed by atoms with E-state index in [1.165, 1.54) is 0 Å². The first-order chi connectivity index (χ1) is 8.02. The Morgan fingerprint density at radius 3 is 2.59 bits per heavy atom. The van der Waals surface area contributed by atoms with Crippen molar-refractivity contribution in [1.29, 1.82) is 5.26 Å². The molecule has 0 radical (unpaired) electrons. The molecule has 0 amide bonds. The maximum absolute atomic E-state index is 8.85. The van der Waals surface area contributed by atoms with Gasteiger partial charge >= 0.3 is 0 Å². The smallest absolute Gasteiger partial charge is 0.141 e. The maximum atomic E-state index is 8.85. The highest BCUT2D eigenvalue weighted by molar-refractivity contribution is 5.64. The number of nitrogens with zero attached hydrogens (tertiary/aromatic N) is 4. The van der Waals surface area contributed by atoms with Crippen molar-refractivity contribution in [2.24, 2.45) is 0 Å². The van der Waals surface area contributed by atoms with Crippen LogP contribution in [0.25, 0.3) is 5.57 Å². The van der Waals surface area contributed by atoms with Gasteiger partial charge in [0.15, 0.2) is 0 Å². The minimum absolute atomic E-state index is 0.450. The van der Waals surface area contributed by atoms with E-state index in [1.807, 2.05) is 51.4 Å². The Balaban J connectivity index is 3.09. The number of rotatable bonds is 4. The van der Waals surface area contributed by atoms with Crippen LogP contribution in [0.2, 0.25) is 0 Å². The van der Waals surface area contributed by atoms with Crippen molar-refractivity contribution in [1.82, 2.24) is 14.8 Å². The van der Waals surface area contributed by atoms with Gasteiger partial charge in [0, 0.05) is 32.4 Å². The van der Waals surface area contributed by atoms with Crippen molar-refractivity contribution in [2.45, 2.75) is 0 Å². The Kier molecular flexibility index (Phi) is 4.68. The van der Waals surface area contributed by atoms with Gasteiger partial charge in [0.05, 0.1) is 5.69 Å². The van der Waals surface area contributed by atoms with Crippen molar-refractivity contribution >= 4 is 5.57 Å². The molecular weight excluding hydrogens is 212 g/mol. The minimum atomic E-state index is 0.450. The Hall–Kier alpha value is -1.86. The van der Waals surface area contributed by atoms with Gasteiger partial charge in [-0.3, -0.25) is 0 Å². The Labute approximate surface area is 103 Å². The van der Waals surface area contributed by atoms with Crippen molar-refractivity contribution in [3.63, 3.8) is 0 Å². The molecule has 0 N–H and O–H groups in total. The fourth-order valence-electron chi connectivity index (χ4n) is 1.52. The lowest BCUT2D eigenvalue weighted by Crippen LogP contribution is -2.17. The standard InChI is InChI=1S/C13H18N4/c1-16(2)9-11(10-17(3)4)13-7-5-6-12(8-14)15-13/h5-7,9H,10H2,1-4H3/b11-9+. The molecule has 0 atom stereocenters. The molecule has 4 nitrogen and oxygen atoms in total. The first-order valence-electron chi connectivity index (χ1n) is 5.42. The number of hydrogen-bond acceptors (Lipinski definition) is 4. The maximum Gasteiger partial charge on any atom is 0.141 e. The summed E-state index contributed by atoms with van der Waals surface area (Å²) >= 11 is 0. The fraction of sp³-hybridized carbons (Fsp3) is 0.385. The molecular formula is C13H18N4. The second-order valence-electron chi connectivity index (χ2n) is 4.38. The van der Waals surface area contributed by atoms with Gasteiger partial charge < -0.3 is 9.80 Å². The first kappa shape index (κ1) is 13.2. The molecule has 0 aliphatic rings. The van der Waals surface area contributed by atoms with Crippen LogP contribution in [0.5, 0.6) is 0 Å². The highest BCUT2D eigenvalue weighted by atomic mass is 15.1. The van der Waals surface area contributed by atoms with E-state index in [9.17, 15) is 0 Å². The molecule has 0 saturated heterocycles. The van der Waals surface area contributed by atoms with Crippen molar-refractivity contribution < 1.29 is 0 Å². The highest BCUT2D eigenvalue weighted by Gasteiger charge is 2.06. The summed E-state index contributed by atoms with van der Waals surface area (Å²) in [5.41, 5.74) is 2.40. The van der Waals surface area contributed by atoms with Gasteiger partial charge in [0.25, 0.3) is 0 Å². The van der Waals surface area contributed by atoms with Crippen LogP contribution in [-0.2, 0) is 0 Å². The Morgan fingerprint density at radius 1 is 1.35 bits per heavy atom. The fourth-order valence-corrected chi connectivity index (χ4v) is 1.52. The molecule has 90 valence electrons. The molecule has 0 fully saturated rings. The third-order valence-corrected chi connectivity index (χ3v) is 2.09. The van der Waals surface area contributed by atoms with Gasteiger partial charge in [-0.1, -0.05) is 6.07 Å². The minimum Gasteiger partial charge on any atom is -0.383 e. The van der Waals surface area contributed by atoms with Crippen molar-refractivity contribution in [3.05, 3.63) is 35.8 Å². The van der Waals surface area contributed by atoms with Gasteiger partial charge in [-0.25, -0.2) is 4.98 Å². The molecule has 0 saturated carbocycles. The van der Waals surface area contributed by atoms with Gasteiger partial charge in [-0.15, -0.1) is 0 Å². The molecule has 1 aromatic heterocycles. The molecule has 1 aromatic rings. The van der Waals surface area contributed by atoms with Gasteiger partial charge in [0.2, 0.25) is 0 Å². The summed E-state index contributed by atoms with van der Waals surface area (Å²) in [6.07, 6.45) is 2.03. The number of hydrogen-bond donors (Lipinski definition) is 0. The second kappa shape index (κ2) is 6.02. The lowest BCUT2D eigenvalue weighted by atomic mass is 10.1. The zero-order valence-electron chi connectivity index (χ0n) is 10.8. The summed E-state index contributed by atoms with van der Waals surface area (Å²) in [6.45, 7) is 0.792.